The molecule has 5 rings (SSSR count). The molecule has 1 amide bonds. The van der Waals surface area contributed by atoms with Crippen molar-refractivity contribution in [2.45, 2.75) is 12.5 Å². The van der Waals surface area contributed by atoms with Gasteiger partial charge in [-0.05, 0) is 36.2 Å². The van der Waals surface area contributed by atoms with E-state index in [1.54, 1.807) is 42.5 Å². The van der Waals surface area contributed by atoms with Crippen LogP contribution in [0.15, 0.2) is 58.2 Å². The fourth-order valence-electron chi connectivity index (χ4n) is 4.88. The van der Waals surface area contributed by atoms with Crippen molar-refractivity contribution < 1.29 is 28.6 Å². The number of morpholine rings is 1. The van der Waals surface area contributed by atoms with Crippen LogP contribution in [0, 0.1) is 0 Å². The van der Waals surface area contributed by atoms with Gasteiger partial charge >= 0.3 is 0 Å². The molecular formula is C27H26Cl2N2O6. The average molecular weight is 545 g/mol. The van der Waals surface area contributed by atoms with Crippen molar-refractivity contribution in [2.75, 3.05) is 46.5 Å². The smallest absolute Gasteiger partial charge is 0.290 e. The van der Waals surface area contributed by atoms with Gasteiger partial charge in [-0.15, -0.1) is 0 Å². The Morgan fingerprint density at radius 1 is 1.11 bits per heavy atom. The molecule has 0 bridgehead atoms. The zero-order chi connectivity index (χ0) is 26.1. The van der Waals surface area contributed by atoms with E-state index in [1.165, 1.54) is 12.0 Å². The monoisotopic (exact) mass is 544 g/mol. The number of benzene rings is 2. The summed E-state index contributed by atoms with van der Waals surface area (Å²) in [6.07, 6.45) is 0.653. The lowest BCUT2D eigenvalue weighted by molar-refractivity contribution is -0.129. The minimum atomic E-state index is -0.852. The van der Waals surface area contributed by atoms with Crippen LogP contribution in [0.25, 0.3) is 11.0 Å². The third kappa shape index (κ3) is 4.94. The number of hydrogen-bond donors (Lipinski definition) is 1. The van der Waals surface area contributed by atoms with E-state index >= 15 is 0 Å². The molecule has 3 aromatic rings. The maximum absolute atomic E-state index is 13.8. The van der Waals surface area contributed by atoms with E-state index in [0.717, 1.165) is 19.6 Å². The first-order valence-corrected chi connectivity index (χ1v) is 12.7. The topological polar surface area (TPSA) is 92.5 Å². The Bertz CT molecular complexity index is 1380. The number of carbonyl (C=O) groups excluding carboxylic acids is 2. The van der Waals surface area contributed by atoms with E-state index in [0.29, 0.717) is 53.5 Å². The molecule has 0 unspecified atom stereocenters. The van der Waals surface area contributed by atoms with Crippen LogP contribution in [0.5, 0.6) is 5.75 Å². The molecule has 1 atom stereocenters. The number of halogens is 2. The summed E-state index contributed by atoms with van der Waals surface area (Å²) in [6.45, 7) is 4.10. The third-order valence-corrected chi connectivity index (χ3v) is 7.48. The van der Waals surface area contributed by atoms with Crippen LogP contribution in [0.1, 0.15) is 28.6 Å². The summed E-state index contributed by atoms with van der Waals surface area (Å²) < 4.78 is 16.6. The summed E-state index contributed by atoms with van der Waals surface area (Å²) >= 11 is 12.4. The highest BCUT2D eigenvalue weighted by molar-refractivity contribution is 6.42. The zero-order valence-electron chi connectivity index (χ0n) is 20.2. The maximum atomic E-state index is 13.8. The first-order chi connectivity index (χ1) is 17.9. The van der Waals surface area contributed by atoms with Gasteiger partial charge in [-0.25, -0.2) is 0 Å². The third-order valence-electron chi connectivity index (χ3n) is 6.74. The number of aliphatic hydroxyl groups excluding tert-OH is 1. The number of para-hydroxylation sites is 1. The molecule has 0 spiro atoms. The van der Waals surface area contributed by atoms with Gasteiger partial charge in [0.2, 0.25) is 5.78 Å². The number of amides is 1. The molecule has 2 aliphatic heterocycles. The number of carbonyl (C=O) groups is 2. The van der Waals surface area contributed by atoms with Crippen molar-refractivity contribution in [1.82, 2.24) is 9.80 Å². The second kappa shape index (κ2) is 10.8. The van der Waals surface area contributed by atoms with Crippen LogP contribution in [0.2, 0.25) is 10.0 Å². The molecule has 0 radical (unpaired) electrons. The Hall–Kier alpha value is -3.04. The number of nitrogens with zero attached hydrogens (tertiary/aromatic N) is 2. The van der Waals surface area contributed by atoms with E-state index in [4.69, 9.17) is 37.1 Å². The first-order valence-electron chi connectivity index (χ1n) is 12.0. The summed E-state index contributed by atoms with van der Waals surface area (Å²) in [5.41, 5.74) is 0.911. The molecule has 0 aliphatic carbocycles. The lowest BCUT2D eigenvalue weighted by Crippen LogP contribution is -2.39. The molecule has 3 heterocycles. The average Bonchev–Trinajstić information content (AvgIpc) is 3.45. The van der Waals surface area contributed by atoms with E-state index in [1.807, 2.05) is 0 Å². The molecule has 2 aliphatic rings. The Kier molecular flexibility index (Phi) is 7.44. The Morgan fingerprint density at radius 3 is 2.62 bits per heavy atom. The molecular weight excluding hydrogens is 519 g/mol. The fourth-order valence-corrected chi connectivity index (χ4v) is 5.18. The van der Waals surface area contributed by atoms with Crippen LogP contribution >= 0.6 is 23.2 Å². The van der Waals surface area contributed by atoms with Gasteiger partial charge < -0.3 is 23.9 Å². The number of aliphatic hydroxyl groups is 1. The molecule has 8 nitrogen and oxygen atoms in total. The standard InChI is InChI=1S/C27H26Cl2N2O6/c1-35-20-5-2-4-17-15-21(37-26(17)20)24(32)22-23(16-6-7-18(28)19(29)14-16)31(27(34)25(22)33)9-3-8-30-10-12-36-13-11-30/h2,4-7,14-15,23,33H,3,8-13H2,1H3/t23-/m1/s1. The zero-order valence-corrected chi connectivity index (χ0v) is 21.7. The number of fused-ring (bicyclic) bond motifs is 1. The van der Waals surface area contributed by atoms with Gasteiger partial charge in [0, 0.05) is 31.6 Å². The predicted octanol–water partition coefficient (Wildman–Crippen LogP) is 5.05. The summed E-state index contributed by atoms with van der Waals surface area (Å²) in [5, 5.41) is 12.3. The van der Waals surface area contributed by atoms with E-state index in [-0.39, 0.29) is 16.4 Å². The van der Waals surface area contributed by atoms with Crippen molar-refractivity contribution in [1.29, 1.82) is 0 Å². The summed E-state index contributed by atoms with van der Waals surface area (Å²) in [6, 6.07) is 11.0. The lowest BCUT2D eigenvalue weighted by Gasteiger charge is -2.30. The number of hydrogen-bond acceptors (Lipinski definition) is 7. The van der Waals surface area contributed by atoms with E-state index in [2.05, 4.69) is 4.90 Å². The quantitative estimate of drug-likeness (QED) is 0.396. The Morgan fingerprint density at radius 2 is 1.89 bits per heavy atom. The van der Waals surface area contributed by atoms with Crippen molar-refractivity contribution in [3.63, 3.8) is 0 Å². The first kappa shape index (κ1) is 25.6. The van der Waals surface area contributed by atoms with Gasteiger partial charge in [0.25, 0.3) is 5.91 Å². The minimum Gasteiger partial charge on any atom is -0.503 e. The number of rotatable bonds is 8. The van der Waals surface area contributed by atoms with Gasteiger partial charge in [-0.2, -0.15) is 0 Å². The van der Waals surface area contributed by atoms with Crippen LogP contribution in [-0.4, -0.2) is 73.1 Å². The fraction of sp³-hybridized carbons (Fsp3) is 0.333. The largest absolute Gasteiger partial charge is 0.503 e. The molecule has 0 saturated carbocycles. The van der Waals surface area contributed by atoms with Crippen LogP contribution < -0.4 is 4.74 Å². The lowest BCUT2D eigenvalue weighted by atomic mass is 9.95. The number of Topliss-reactive ketones (excluding diaryl/α,β-unsaturated/α-hetero) is 1. The molecule has 1 saturated heterocycles. The second-order valence-electron chi connectivity index (χ2n) is 8.96. The molecule has 194 valence electrons. The van der Waals surface area contributed by atoms with Gasteiger partial charge in [-0.1, -0.05) is 41.4 Å². The highest BCUT2D eigenvalue weighted by Gasteiger charge is 2.44. The van der Waals surface area contributed by atoms with E-state index in [9.17, 15) is 14.7 Å². The van der Waals surface area contributed by atoms with Crippen molar-refractivity contribution in [3.8, 4) is 5.75 Å². The molecule has 1 fully saturated rings. The Balaban J connectivity index is 1.49. The van der Waals surface area contributed by atoms with Gasteiger partial charge in [0.15, 0.2) is 22.9 Å². The highest BCUT2D eigenvalue weighted by atomic mass is 35.5. The van der Waals surface area contributed by atoms with E-state index < -0.39 is 23.5 Å². The molecule has 2 aromatic carbocycles. The number of methoxy groups -OCH3 is 1. The predicted molar refractivity (Wildman–Crippen MR) is 140 cm³/mol. The maximum Gasteiger partial charge on any atom is 0.290 e. The summed E-state index contributed by atoms with van der Waals surface area (Å²) in [7, 11) is 1.51. The van der Waals surface area contributed by atoms with Crippen LogP contribution in [0.4, 0.5) is 0 Å². The molecule has 1 aromatic heterocycles. The molecule has 1 N–H and O–H groups in total. The summed E-state index contributed by atoms with van der Waals surface area (Å²) in [4.78, 5) is 30.8. The SMILES string of the molecule is COc1cccc2cc(C(=O)C3=C(O)C(=O)N(CCCN4CCOCC4)[C@@H]3c3ccc(Cl)c(Cl)c3)oc12. The van der Waals surface area contributed by atoms with Gasteiger partial charge in [-0.3, -0.25) is 14.5 Å². The highest BCUT2D eigenvalue weighted by Crippen LogP contribution is 2.41. The Labute approximate surface area is 223 Å². The number of ether oxygens (including phenoxy) is 2. The van der Waals surface area contributed by atoms with Crippen LogP contribution in [0.3, 0.4) is 0 Å². The number of furan rings is 1. The van der Waals surface area contributed by atoms with Crippen molar-refractivity contribution in [2.24, 2.45) is 0 Å². The minimum absolute atomic E-state index is 0.00548. The van der Waals surface area contributed by atoms with Gasteiger partial charge in [0.05, 0.1) is 42.0 Å². The summed E-state index contributed by atoms with van der Waals surface area (Å²) in [5.74, 6) is -1.33. The number of ketones is 1. The molecule has 37 heavy (non-hydrogen) atoms. The van der Waals surface area contributed by atoms with Crippen LogP contribution in [-0.2, 0) is 9.53 Å². The van der Waals surface area contributed by atoms with Gasteiger partial charge in [0.1, 0.15) is 0 Å². The normalized spacial score (nSPS) is 18.7. The molecule has 10 heteroatoms. The van der Waals surface area contributed by atoms with Crippen molar-refractivity contribution in [3.05, 3.63) is 75.2 Å². The van der Waals surface area contributed by atoms with Crippen molar-refractivity contribution >= 4 is 45.9 Å². The second-order valence-corrected chi connectivity index (χ2v) is 9.78.